The van der Waals surface area contributed by atoms with Gasteiger partial charge in [-0.1, -0.05) is 53.7 Å². The second kappa shape index (κ2) is 8.35. The van der Waals surface area contributed by atoms with E-state index in [0.29, 0.717) is 18.2 Å². The molecule has 2 atom stereocenters. The molecule has 0 spiro atoms. The second-order valence-electron chi connectivity index (χ2n) is 6.89. The van der Waals surface area contributed by atoms with Gasteiger partial charge in [0.2, 0.25) is 0 Å². The Hall–Kier alpha value is -1.70. The van der Waals surface area contributed by atoms with E-state index in [1.807, 2.05) is 54.6 Å². The van der Waals surface area contributed by atoms with Crippen LogP contribution in [0.2, 0.25) is 5.02 Å². The van der Waals surface area contributed by atoms with Gasteiger partial charge in [-0.3, -0.25) is 4.99 Å². The van der Waals surface area contributed by atoms with E-state index in [-0.39, 0.29) is 23.6 Å². The fourth-order valence-corrected chi connectivity index (χ4v) is 6.42. The molecular weight excluding hydrogens is 416 g/mol. The fourth-order valence-electron chi connectivity index (χ4n) is 3.49. The van der Waals surface area contributed by atoms with Crippen molar-refractivity contribution in [1.29, 1.82) is 0 Å². The Kier molecular flexibility index (Phi) is 5.85. The molecule has 0 unspecified atom stereocenters. The van der Waals surface area contributed by atoms with Crippen LogP contribution in [-0.2, 0) is 16.4 Å². The standard InChI is InChI=1S/C20H21ClN2O3S2/c21-16-8-6-15(7-9-16)12-23-19-14-28(24,25)13-18(19)22-20(23)27-11-10-26-17-4-2-1-3-5-17/h1-9,18-19H,10-14H2/t18-,19+/m0/s1. The Morgan fingerprint density at radius 2 is 1.86 bits per heavy atom. The third-order valence-electron chi connectivity index (χ3n) is 4.81. The quantitative estimate of drug-likeness (QED) is 0.649. The number of fused-ring (bicyclic) bond motifs is 1. The molecule has 8 heteroatoms. The van der Waals surface area contributed by atoms with Gasteiger partial charge in [-0.05, 0) is 29.8 Å². The van der Waals surface area contributed by atoms with E-state index in [0.717, 1.165) is 22.2 Å². The zero-order chi connectivity index (χ0) is 19.6. The van der Waals surface area contributed by atoms with Gasteiger partial charge in [0.1, 0.15) is 5.75 Å². The van der Waals surface area contributed by atoms with Crippen LogP contribution in [0.4, 0.5) is 0 Å². The molecule has 0 aliphatic carbocycles. The topological polar surface area (TPSA) is 59.0 Å². The molecule has 148 valence electrons. The summed E-state index contributed by atoms with van der Waals surface area (Å²) in [5.74, 6) is 1.90. The van der Waals surface area contributed by atoms with Crippen molar-refractivity contribution in [2.24, 2.45) is 4.99 Å². The number of hydrogen-bond donors (Lipinski definition) is 0. The van der Waals surface area contributed by atoms with Gasteiger partial charge < -0.3 is 9.64 Å². The van der Waals surface area contributed by atoms with Crippen LogP contribution in [-0.4, -0.2) is 54.4 Å². The Morgan fingerprint density at radius 3 is 2.61 bits per heavy atom. The normalized spacial score (nSPS) is 22.8. The minimum Gasteiger partial charge on any atom is -0.493 e. The van der Waals surface area contributed by atoms with Crippen molar-refractivity contribution >= 4 is 38.4 Å². The van der Waals surface area contributed by atoms with Crippen molar-refractivity contribution < 1.29 is 13.2 Å². The summed E-state index contributed by atoms with van der Waals surface area (Å²) in [4.78, 5) is 6.86. The Bertz CT molecular complexity index is 949. The Morgan fingerprint density at radius 1 is 1.11 bits per heavy atom. The minimum absolute atomic E-state index is 0.0850. The maximum atomic E-state index is 12.1. The lowest BCUT2D eigenvalue weighted by Crippen LogP contribution is -2.38. The van der Waals surface area contributed by atoms with Gasteiger partial charge in [-0.25, -0.2) is 8.42 Å². The molecule has 0 bridgehead atoms. The molecule has 2 aliphatic heterocycles. The number of amidine groups is 1. The zero-order valence-electron chi connectivity index (χ0n) is 15.2. The monoisotopic (exact) mass is 436 g/mol. The molecule has 28 heavy (non-hydrogen) atoms. The Labute approximate surface area is 174 Å². The lowest BCUT2D eigenvalue weighted by Gasteiger charge is -2.26. The largest absolute Gasteiger partial charge is 0.493 e. The number of nitrogens with zero attached hydrogens (tertiary/aromatic N) is 2. The third kappa shape index (κ3) is 4.64. The van der Waals surface area contributed by atoms with Crippen molar-refractivity contribution in [3.63, 3.8) is 0 Å². The molecule has 0 aromatic heterocycles. The summed E-state index contributed by atoms with van der Waals surface area (Å²) in [6.45, 7) is 1.19. The first kappa shape index (κ1) is 19.6. The highest BCUT2D eigenvalue weighted by Gasteiger charge is 2.46. The van der Waals surface area contributed by atoms with Crippen molar-refractivity contribution in [2.75, 3.05) is 23.9 Å². The SMILES string of the molecule is O=S1(=O)C[C@@H]2N=C(SCCOc3ccccc3)N(Cc3ccc(Cl)cc3)[C@@H]2C1. The number of ether oxygens (including phenoxy) is 1. The zero-order valence-corrected chi connectivity index (χ0v) is 17.6. The van der Waals surface area contributed by atoms with Crippen LogP contribution >= 0.6 is 23.4 Å². The highest BCUT2D eigenvalue weighted by atomic mass is 35.5. The molecule has 0 N–H and O–H groups in total. The van der Waals surface area contributed by atoms with Crippen LogP contribution in [0.3, 0.4) is 0 Å². The molecule has 0 amide bonds. The number of sulfone groups is 1. The highest BCUT2D eigenvalue weighted by molar-refractivity contribution is 8.13. The molecule has 1 saturated heterocycles. The second-order valence-corrected chi connectivity index (χ2v) is 10.5. The molecule has 0 saturated carbocycles. The predicted molar refractivity (Wildman–Crippen MR) is 115 cm³/mol. The summed E-state index contributed by atoms with van der Waals surface area (Å²) in [7, 11) is -3.03. The van der Waals surface area contributed by atoms with Crippen LogP contribution in [0.15, 0.2) is 59.6 Å². The summed E-state index contributed by atoms with van der Waals surface area (Å²) < 4.78 is 29.9. The van der Waals surface area contributed by atoms with Gasteiger partial charge in [-0.15, -0.1) is 0 Å². The number of benzene rings is 2. The minimum atomic E-state index is -3.03. The number of halogens is 1. The van der Waals surface area contributed by atoms with E-state index in [1.165, 1.54) is 0 Å². The first-order valence-corrected chi connectivity index (χ1v) is 12.3. The molecule has 2 aromatic carbocycles. The van der Waals surface area contributed by atoms with Crippen LogP contribution in [0.5, 0.6) is 5.75 Å². The average molecular weight is 437 g/mol. The number of aliphatic imine (C=N–C) groups is 1. The average Bonchev–Trinajstić information content (AvgIpc) is 3.14. The van der Waals surface area contributed by atoms with Crippen molar-refractivity contribution in [3.05, 3.63) is 65.2 Å². The predicted octanol–water partition coefficient (Wildman–Crippen LogP) is 3.49. The maximum absolute atomic E-state index is 12.1. The van der Waals surface area contributed by atoms with Gasteiger partial charge in [0.25, 0.3) is 0 Å². The van der Waals surface area contributed by atoms with E-state index in [2.05, 4.69) is 4.90 Å². The van der Waals surface area contributed by atoms with Gasteiger partial charge >= 0.3 is 0 Å². The molecule has 2 heterocycles. The first-order chi connectivity index (χ1) is 13.5. The molecular formula is C20H21ClN2O3S2. The summed E-state index contributed by atoms with van der Waals surface area (Å²) in [6, 6.07) is 17.1. The number of hydrogen-bond acceptors (Lipinski definition) is 6. The summed E-state index contributed by atoms with van der Waals surface area (Å²) in [5, 5.41) is 1.59. The van der Waals surface area contributed by atoms with Crippen LogP contribution < -0.4 is 4.74 Å². The van der Waals surface area contributed by atoms with E-state index in [1.54, 1.807) is 11.8 Å². The van der Waals surface area contributed by atoms with Crippen LogP contribution in [0, 0.1) is 0 Å². The summed E-state index contributed by atoms with van der Waals surface area (Å²) in [5.41, 5.74) is 1.09. The summed E-state index contributed by atoms with van der Waals surface area (Å²) >= 11 is 7.60. The third-order valence-corrected chi connectivity index (χ3v) is 7.73. The number of para-hydroxylation sites is 1. The van der Waals surface area contributed by atoms with Gasteiger partial charge in [0.15, 0.2) is 15.0 Å². The smallest absolute Gasteiger partial charge is 0.160 e. The van der Waals surface area contributed by atoms with Gasteiger partial charge in [-0.2, -0.15) is 0 Å². The number of rotatable bonds is 6. The fraction of sp³-hybridized carbons (Fsp3) is 0.350. The lowest BCUT2D eigenvalue weighted by atomic mass is 10.1. The molecule has 1 fully saturated rings. The van der Waals surface area contributed by atoms with Crippen molar-refractivity contribution in [1.82, 2.24) is 4.90 Å². The van der Waals surface area contributed by atoms with Crippen LogP contribution in [0.25, 0.3) is 0 Å². The Balaban J connectivity index is 1.42. The summed E-state index contributed by atoms with van der Waals surface area (Å²) in [6.07, 6.45) is 0. The molecule has 4 rings (SSSR count). The van der Waals surface area contributed by atoms with E-state index < -0.39 is 9.84 Å². The first-order valence-electron chi connectivity index (χ1n) is 9.10. The van der Waals surface area contributed by atoms with Crippen molar-refractivity contribution in [3.8, 4) is 5.75 Å². The maximum Gasteiger partial charge on any atom is 0.160 e. The van der Waals surface area contributed by atoms with E-state index in [9.17, 15) is 8.42 Å². The van der Waals surface area contributed by atoms with Gasteiger partial charge in [0, 0.05) is 17.3 Å². The lowest BCUT2D eigenvalue weighted by molar-refractivity contribution is 0.340. The molecule has 2 aliphatic rings. The molecule has 5 nitrogen and oxygen atoms in total. The van der Waals surface area contributed by atoms with Crippen molar-refractivity contribution in [2.45, 2.75) is 18.6 Å². The highest BCUT2D eigenvalue weighted by Crippen LogP contribution is 2.32. The van der Waals surface area contributed by atoms with E-state index >= 15 is 0 Å². The molecule has 2 aromatic rings. The number of thioether (sulfide) groups is 1. The molecule has 0 radical (unpaired) electrons. The van der Waals surface area contributed by atoms with E-state index in [4.69, 9.17) is 21.3 Å². The van der Waals surface area contributed by atoms with Crippen LogP contribution in [0.1, 0.15) is 5.56 Å². The van der Waals surface area contributed by atoms with Gasteiger partial charge in [0.05, 0.1) is 30.2 Å².